The predicted octanol–water partition coefficient (Wildman–Crippen LogP) is 4.93. The molecule has 2 aromatic carbocycles. The van der Waals surface area contributed by atoms with Crippen molar-refractivity contribution in [3.63, 3.8) is 0 Å². The Morgan fingerprint density at radius 3 is 2.77 bits per heavy atom. The van der Waals surface area contributed by atoms with Gasteiger partial charge in [-0.25, -0.2) is 4.79 Å². The van der Waals surface area contributed by atoms with E-state index in [9.17, 15) is 4.79 Å². The molecule has 0 spiro atoms. The van der Waals surface area contributed by atoms with E-state index in [0.717, 1.165) is 23.5 Å². The number of halogens is 1. The number of benzene rings is 2. The molecule has 1 heterocycles. The molecular formula is C17H17ClN2OS. The van der Waals surface area contributed by atoms with E-state index < -0.39 is 0 Å². The Morgan fingerprint density at radius 1 is 1.27 bits per heavy atom. The highest BCUT2D eigenvalue weighted by atomic mass is 35.5. The molecule has 1 aliphatic rings. The van der Waals surface area contributed by atoms with Gasteiger partial charge in [0.1, 0.15) is 5.37 Å². The zero-order valence-corrected chi connectivity index (χ0v) is 13.8. The largest absolute Gasteiger partial charge is 0.323 e. The molecule has 3 rings (SSSR count). The summed E-state index contributed by atoms with van der Waals surface area (Å²) in [6.45, 7) is 2.76. The fraction of sp³-hybridized carbons (Fsp3) is 0.235. The predicted molar refractivity (Wildman–Crippen MR) is 93.6 cm³/mol. The molecule has 0 aromatic heterocycles. The second kappa shape index (κ2) is 6.63. The Hall–Kier alpha value is -1.65. The second-order valence-corrected chi connectivity index (χ2v) is 6.89. The first kappa shape index (κ1) is 15.3. The van der Waals surface area contributed by atoms with Gasteiger partial charge in [0.25, 0.3) is 0 Å². The van der Waals surface area contributed by atoms with Gasteiger partial charge in [-0.15, -0.1) is 11.8 Å². The summed E-state index contributed by atoms with van der Waals surface area (Å²) in [5.41, 5.74) is 3.05. The molecule has 3 nitrogen and oxygen atoms in total. The van der Waals surface area contributed by atoms with Gasteiger partial charge in [-0.2, -0.15) is 0 Å². The number of anilines is 1. The first-order valence-electron chi connectivity index (χ1n) is 7.15. The zero-order valence-electron chi connectivity index (χ0n) is 12.3. The molecule has 1 N–H and O–H groups in total. The van der Waals surface area contributed by atoms with Gasteiger partial charge >= 0.3 is 6.03 Å². The quantitative estimate of drug-likeness (QED) is 0.845. The van der Waals surface area contributed by atoms with Crippen molar-refractivity contribution < 1.29 is 4.79 Å². The van der Waals surface area contributed by atoms with Crippen LogP contribution >= 0.6 is 23.4 Å². The van der Waals surface area contributed by atoms with Crippen molar-refractivity contribution in [2.24, 2.45) is 0 Å². The SMILES string of the molecule is Cc1ccc(NC(=O)N2CCS[C@@H]2c2cccc(Cl)c2)cc1. The highest BCUT2D eigenvalue weighted by Crippen LogP contribution is 2.38. The van der Waals surface area contributed by atoms with Crippen LogP contribution in [0.1, 0.15) is 16.5 Å². The Balaban J connectivity index is 1.75. The van der Waals surface area contributed by atoms with Crippen LogP contribution in [0.2, 0.25) is 5.02 Å². The minimum absolute atomic E-state index is 0.0177. The van der Waals surface area contributed by atoms with Crippen molar-refractivity contribution in [3.8, 4) is 0 Å². The lowest BCUT2D eigenvalue weighted by Gasteiger charge is -2.24. The van der Waals surface area contributed by atoms with Crippen molar-refractivity contribution in [2.75, 3.05) is 17.6 Å². The molecule has 1 saturated heterocycles. The van der Waals surface area contributed by atoms with Gasteiger partial charge in [0, 0.05) is 23.0 Å². The van der Waals surface area contributed by atoms with Crippen LogP contribution in [0.15, 0.2) is 48.5 Å². The smallest absolute Gasteiger partial charge is 0.308 e. The third kappa shape index (κ3) is 3.39. The number of urea groups is 1. The maximum Gasteiger partial charge on any atom is 0.323 e. The molecule has 0 aliphatic carbocycles. The minimum Gasteiger partial charge on any atom is -0.308 e. The summed E-state index contributed by atoms with van der Waals surface area (Å²) in [5.74, 6) is 0.929. The van der Waals surface area contributed by atoms with Crippen LogP contribution in [0.25, 0.3) is 0 Å². The fourth-order valence-corrected chi connectivity index (χ4v) is 3.89. The molecule has 22 heavy (non-hydrogen) atoms. The maximum absolute atomic E-state index is 12.5. The van der Waals surface area contributed by atoms with Crippen LogP contribution in [0, 0.1) is 6.92 Å². The summed E-state index contributed by atoms with van der Waals surface area (Å²) in [6, 6.07) is 15.5. The molecule has 0 unspecified atom stereocenters. The van der Waals surface area contributed by atoms with Gasteiger partial charge in [-0.05, 0) is 36.8 Å². The van der Waals surface area contributed by atoms with E-state index in [2.05, 4.69) is 5.32 Å². The molecule has 1 aliphatic heterocycles. The standard InChI is InChI=1S/C17H17ClN2OS/c1-12-5-7-15(8-6-12)19-17(21)20-9-10-22-16(20)13-3-2-4-14(18)11-13/h2-8,11,16H,9-10H2,1H3,(H,19,21)/t16-/m1/s1. The van der Waals surface area contributed by atoms with E-state index in [4.69, 9.17) is 11.6 Å². The summed E-state index contributed by atoms with van der Waals surface area (Å²) >= 11 is 7.83. The second-order valence-electron chi connectivity index (χ2n) is 5.27. The van der Waals surface area contributed by atoms with E-state index >= 15 is 0 Å². The van der Waals surface area contributed by atoms with Crippen LogP contribution in [-0.2, 0) is 0 Å². The van der Waals surface area contributed by atoms with Crippen molar-refractivity contribution in [2.45, 2.75) is 12.3 Å². The Bertz CT molecular complexity index is 675. The molecule has 5 heteroatoms. The van der Waals surface area contributed by atoms with Crippen LogP contribution in [0.4, 0.5) is 10.5 Å². The number of aryl methyl sites for hydroxylation is 1. The number of thioether (sulfide) groups is 1. The number of carbonyl (C=O) groups excluding carboxylic acids is 1. The lowest BCUT2D eigenvalue weighted by atomic mass is 10.2. The number of hydrogen-bond acceptors (Lipinski definition) is 2. The maximum atomic E-state index is 12.5. The van der Waals surface area contributed by atoms with Crippen LogP contribution < -0.4 is 5.32 Å². The Kier molecular flexibility index (Phi) is 4.60. The van der Waals surface area contributed by atoms with Crippen molar-refractivity contribution >= 4 is 35.1 Å². The summed E-state index contributed by atoms with van der Waals surface area (Å²) < 4.78 is 0. The van der Waals surface area contributed by atoms with Gasteiger partial charge in [0.15, 0.2) is 0 Å². The van der Waals surface area contributed by atoms with Crippen LogP contribution in [0.5, 0.6) is 0 Å². The lowest BCUT2D eigenvalue weighted by molar-refractivity contribution is 0.214. The topological polar surface area (TPSA) is 32.3 Å². The highest BCUT2D eigenvalue weighted by Gasteiger charge is 2.30. The molecular weight excluding hydrogens is 316 g/mol. The number of nitrogens with one attached hydrogen (secondary N) is 1. The van der Waals surface area contributed by atoms with E-state index in [0.29, 0.717) is 5.02 Å². The third-order valence-corrected chi connectivity index (χ3v) is 5.08. The molecule has 2 amide bonds. The van der Waals surface area contributed by atoms with E-state index in [1.807, 2.05) is 60.4 Å². The lowest BCUT2D eigenvalue weighted by Crippen LogP contribution is -2.34. The number of carbonyl (C=O) groups is 1. The number of nitrogens with zero attached hydrogens (tertiary/aromatic N) is 1. The van der Waals surface area contributed by atoms with Gasteiger partial charge in [0.2, 0.25) is 0 Å². The number of hydrogen-bond donors (Lipinski definition) is 1. The molecule has 1 fully saturated rings. The first-order chi connectivity index (χ1) is 10.6. The molecule has 0 radical (unpaired) electrons. The Labute approximate surface area is 139 Å². The average Bonchev–Trinajstić information content (AvgIpc) is 2.99. The summed E-state index contributed by atoms with van der Waals surface area (Å²) in [4.78, 5) is 14.4. The Morgan fingerprint density at radius 2 is 2.05 bits per heavy atom. The van der Waals surface area contributed by atoms with Gasteiger partial charge in [-0.3, -0.25) is 0 Å². The van der Waals surface area contributed by atoms with E-state index in [1.165, 1.54) is 5.56 Å². The highest BCUT2D eigenvalue weighted by molar-refractivity contribution is 7.99. The van der Waals surface area contributed by atoms with Crippen LogP contribution in [0.3, 0.4) is 0 Å². The molecule has 2 aromatic rings. The van der Waals surface area contributed by atoms with Gasteiger partial charge < -0.3 is 10.2 Å². The minimum atomic E-state index is -0.0705. The summed E-state index contributed by atoms with van der Waals surface area (Å²) in [6.07, 6.45) is 0. The van der Waals surface area contributed by atoms with Gasteiger partial charge in [-0.1, -0.05) is 41.4 Å². The van der Waals surface area contributed by atoms with Crippen molar-refractivity contribution in [1.29, 1.82) is 0 Å². The first-order valence-corrected chi connectivity index (χ1v) is 8.57. The number of rotatable bonds is 2. The van der Waals surface area contributed by atoms with E-state index in [1.54, 1.807) is 11.8 Å². The third-order valence-electron chi connectivity index (χ3n) is 3.59. The summed E-state index contributed by atoms with van der Waals surface area (Å²) in [5, 5.41) is 3.68. The van der Waals surface area contributed by atoms with E-state index in [-0.39, 0.29) is 11.4 Å². The average molecular weight is 333 g/mol. The zero-order chi connectivity index (χ0) is 15.5. The van der Waals surface area contributed by atoms with Gasteiger partial charge in [0.05, 0.1) is 0 Å². The molecule has 1 atom stereocenters. The van der Waals surface area contributed by atoms with Crippen molar-refractivity contribution in [3.05, 3.63) is 64.7 Å². The van der Waals surface area contributed by atoms with Crippen LogP contribution in [-0.4, -0.2) is 23.2 Å². The number of amides is 2. The van der Waals surface area contributed by atoms with Crippen molar-refractivity contribution in [1.82, 2.24) is 4.90 Å². The molecule has 114 valence electrons. The normalized spacial score (nSPS) is 17.5. The summed E-state index contributed by atoms with van der Waals surface area (Å²) in [7, 11) is 0. The monoisotopic (exact) mass is 332 g/mol. The fourth-order valence-electron chi connectivity index (χ4n) is 2.45. The molecule has 0 bridgehead atoms. The molecule has 0 saturated carbocycles.